The monoisotopic (exact) mass is 322 g/mol. The fourth-order valence-corrected chi connectivity index (χ4v) is 2.65. The van der Waals surface area contributed by atoms with Gasteiger partial charge in [0.2, 0.25) is 0 Å². The lowest BCUT2D eigenvalue weighted by Crippen LogP contribution is -2.35. The SMILES string of the molecule is CCN(CC)CCN=C1Nc2ccc(Cl)cc2CN(C)C1=O. The van der Waals surface area contributed by atoms with E-state index in [1.165, 1.54) is 0 Å². The first-order valence-corrected chi connectivity index (χ1v) is 8.00. The predicted molar refractivity (Wildman–Crippen MR) is 91.6 cm³/mol. The normalized spacial score (nSPS) is 16.7. The Labute approximate surface area is 137 Å². The number of fused-ring (bicyclic) bond motifs is 1. The topological polar surface area (TPSA) is 47.9 Å². The molecule has 0 aliphatic carbocycles. The number of rotatable bonds is 5. The standard InChI is InChI=1S/C16H23ClN4O/c1-4-21(5-2)9-8-18-15-16(22)20(3)11-12-10-13(17)6-7-14(12)19-15/h6-7,10H,4-5,8-9,11H2,1-3H3,(H,18,19). The van der Waals surface area contributed by atoms with Gasteiger partial charge in [0.15, 0.2) is 5.84 Å². The van der Waals surface area contributed by atoms with Gasteiger partial charge in [-0.2, -0.15) is 0 Å². The second kappa shape index (κ2) is 7.61. The molecule has 1 aromatic carbocycles. The second-order valence-corrected chi connectivity index (χ2v) is 5.78. The van der Waals surface area contributed by atoms with E-state index in [9.17, 15) is 4.79 Å². The van der Waals surface area contributed by atoms with Crippen LogP contribution in [0.5, 0.6) is 0 Å². The van der Waals surface area contributed by atoms with Gasteiger partial charge in [-0.25, -0.2) is 0 Å². The summed E-state index contributed by atoms with van der Waals surface area (Å²) in [6.45, 7) is 8.21. The first-order chi connectivity index (χ1) is 10.5. The lowest BCUT2D eigenvalue weighted by atomic mass is 10.2. The molecule has 1 amide bonds. The van der Waals surface area contributed by atoms with E-state index in [4.69, 9.17) is 11.6 Å². The molecule has 22 heavy (non-hydrogen) atoms. The summed E-state index contributed by atoms with van der Waals surface area (Å²) in [7, 11) is 1.78. The molecule has 1 aromatic rings. The molecule has 0 unspecified atom stereocenters. The minimum Gasteiger partial charge on any atom is -0.336 e. The van der Waals surface area contributed by atoms with Crippen molar-refractivity contribution in [2.24, 2.45) is 4.99 Å². The van der Waals surface area contributed by atoms with Crippen LogP contribution in [0.15, 0.2) is 23.2 Å². The summed E-state index contributed by atoms with van der Waals surface area (Å²) in [5.41, 5.74) is 1.89. The van der Waals surface area contributed by atoms with Crippen molar-refractivity contribution in [3.8, 4) is 0 Å². The van der Waals surface area contributed by atoms with Crippen LogP contribution in [0.4, 0.5) is 5.69 Å². The summed E-state index contributed by atoms with van der Waals surface area (Å²) < 4.78 is 0. The van der Waals surface area contributed by atoms with Crippen molar-refractivity contribution in [1.82, 2.24) is 9.80 Å². The number of amides is 1. The lowest BCUT2D eigenvalue weighted by molar-refractivity contribution is -0.123. The number of aliphatic imine (C=N–C) groups is 1. The number of benzene rings is 1. The highest BCUT2D eigenvalue weighted by molar-refractivity contribution is 6.42. The van der Waals surface area contributed by atoms with Gasteiger partial charge >= 0.3 is 0 Å². The third-order valence-corrected chi connectivity index (χ3v) is 4.09. The van der Waals surface area contributed by atoms with Gasteiger partial charge in [0.1, 0.15) is 0 Å². The minimum atomic E-state index is -0.0909. The van der Waals surface area contributed by atoms with Crippen LogP contribution in [0.3, 0.4) is 0 Å². The van der Waals surface area contributed by atoms with Crippen molar-refractivity contribution in [3.05, 3.63) is 28.8 Å². The first kappa shape index (κ1) is 16.8. The third-order valence-electron chi connectivity index (χ3n) is 3.86. The van der Waals surface area contributed by atoms with Crippen LogP contribution in [0, 0.1) is 0 Å². The molecule has 0 aromatic heterocycles. The van der Waals surface area contributed by atoms with Crippen molar-refractivity contribution in [2.75, 3.05) is 38.5 Å². The van der Waals surface area contributed by atoms with E-state index < -0.39 is 0 Å². The fraction of sp³-hybridized carbons (Fsp3) is 0.500. The number of hydrogen-bond donors (Lipinski definition) is 1. The van der Waals surface area contributed by atoms with E-state index in [-0.39, 0.29) is 5.91 Å². The molecule has 1 N–H and O–H groups in total. The van der Waals surface area contributed by atoms with Crippen molar-refractivity contribution >= 4 is 29.0 Å². The molecule has 0 radical (unpaired) electrons. The molecule has 120 valence electrons. The van der Waals surface area contributed by atoms with Gasteiger partial charge in [0.25, 0.3) is 5.91 Å². The summed E-state index contributed by atoms with van der Waals surface area (Å²) in [6, 6.07) is 5.59. The molecule has 0 saturated carbocycles. The van der Waals surface area contributed by atoms with E-state index in [2.05, 4.69) is 29.1 Å². The molecule has 1 heterocycles. The molecule has 1 aliphatic rings. The molecule has 5 nitrogen and oxygen atoms in total. The molecule has 0 saturated heterocycles. The van der Waals surface area contributed by atoms with Gasteiger partial charge in [-0.1, -0.05) is 25.4 Å². The van der Waals surface area contributed by atoms with Gasteiger partial charge in [0, 0.05) is 30.8 Å². The molecule has 0 spiro atoms. The number of hydrogen-bond acceptors (Lipinski definition) is 3. The maximum Gasteiger partial charge on any atom is 0.289 e. The third kappa shape index (κ3) is 3.99. The zero-order chi connectivity index (χ0) is 16.1. The van der Waals surface area contributed by atoms with Crippen LogP contribution >= 0.6 is 11.6 Å². The summed E-state index contributed by atoms with van der Waals surface area (Å²) in [5, 5.41) is 3.83. The largest absolute Gasteiger partial charge is 0.336 e. The average Bonchev–Trinajstić information content (AvgIpc) is 2.62. The Bertz CT molecular complexity index is 569. The average molecular weight is 323 g/mol. The van der Waals surface area contributed by atoms with Crippen LogP contribution in [-0.2, 0) is 11.3 Å². The highest BCUT2D eigenvalue weighted by Crippen LogP contribution is 2.24. The molecule has 2 rings (SSSR count). The molecule has 0 fully saturated rings. The van der Waals surface area contributed by atoms with E-state index in [0.29, 0.717) is 23.9 Å². The van der Waals surface area contributed by atoms with Gasteiger partial charge < -0.3 is 15.1 Å². The number of nitrogens with zero attached hydrogens (tertiary/aromatic N) is 3. The molecular formula is C16H23ClN4O. The van der Waals surface area contributed by atoms with Gasteiger partial charge in [-0.15, -0.1) is 0 Å². The summed E-state index contributed by atoms with van der Waals surface area (Å²) in [6.07, 6.45) is 0. The number of halogens is 1. The maximum absolute atomic E-state index is 12.4. The smallest absolute Gasteiger partial charge is 0.289 e. The van der Waals surface area contributed by atoms with Crippen LogP contribution in [-0.4, -0.2) is 54.8 Å². The lowest BCUT2D eigenvalue weighted by Gasteiger charge is -2.17. The molecular weight excluding hydrogens is 300 g/mol. The number of nitrogens with one attached hydrogen (secondary N) is 1. The Kier molecular flexibility index (Phi) is 5.80. The quantitative estimate of drug-likeness (QED) is 0.906. The number of anilines is 1. The minimum absolute atomic E-state index is 0.0909. The predicted octanol–water partition coefficient (Wildman–Crippen LogP) is 2.46. The number of carbonyl (C=O) groups excluding carboxylic acids is 1. The fourth-order valence-electron chi connectivity index (χ4n) is 2.45. The van der Waals surface area contributed by atoms with Crippen LogP contribution < -0.4 is 5.32 Å². The Morgan fingerprint density at radius 3 is 2.77 bits per heavy atom. The van der Waals surface area contributed by atoms with Crippen molar-refractivity contribution in [3.63, 3.8) is 0 Å². The first-order valence-electron chi connectivity index (χ1n) is 7.62. The summed E-state index contributed by atoms with van der Waals surface area (Å²) in [4.78, 5) is 20.8. The van der Waals surface area contributed by atoms with Gasteiger partial charge in [0.05, 0.1) is 6.54 Å². The van der Waals surface area contributed by atoms with E-state index in [1.807, 2.05) is 18.2 Å². The zero-order valence-electron chi connectivity index (χ0n) is 13.4. The van der Waals surface area contributed by atoms with Crippen LogP contribution in [0.2, 0.25) is 5.02 Å². The van der Waals surface area contributed by atoms with E-state index >= 15 is 0 Å². The van der Waals surface area contributed by atoms with Gasteiger partial charge in [-0.05, 0) is 36.9 Å². The van der Waals surface area contributed by atoms with Crippen molar-refractivity contribution in [2.45, 2.75) is 20.4 Å². The van der Waals surface area contributed by atoms with Gasteiger partial charge in [-0.3, -0.25) is 9.79 Å². The number of carbonyl (C=O) groups is 1. The highest BCUT2D eigenvalue weighted by atomic mass is 35.5. The molecule has 0 bridgehead atoms. The molecule has 1 aliphatic heterocycles. The Hall–Kier alpha value is -1.59. The van der Waals surface area contributed by atoms with Crippen molar-refractivity contribution in [1.29, 1.82) is 0 Å². The second-order valence-electron chi connectivity index (χ2n) is 5.34. The van der Waals surface area contributed by atoms with Crippen LogP contribution in [0.1, 0.15) is 19.4 Å². The van der Waals surface area contributed by atoms with E-state index in [1.54, 1.807) is 11.9 Å². The van der Waals surface area contributed by atoms with Crippen molar-refractivity contribution < 1.29 is 4.79 Å². The maximum atomic E-state index is 12.4. The van der Waals surface area contributed by atoms with E-state index in [0.717, 1.165) is 30.9 Å². The molecule has 0 atom stereocenters. The number of amidine groups is 1. The summed E-state index contributed by atoms with van der Waals surface area (Å²) >= 11 is 6.03. The molecule has 6 heteroatoms. The van der Waals surface area contributed by atoms with Crippen LogP contribution in [0.25, 0.3) is 0 Å². The number of likely N-dealkylation sites (N-methyl/N-ethyl adjacent to an activating group) is 2. The Balaban J connectivity index is 2.16. The Morgan fingerprint density at radius 2 is 2.09 bits per heavy atom. The zero-order valence-corrected chi connectivity index (χ0v) is 14.2. The highest BCUT2D eigenvalue weighted by Gasteiger charge is 2.23. The Morgan fingerprint density at radius 1 is 1.36 bits per heavy atom. The summed E-state index contributed by atoms with van der Waals surface area (Å²) in [5.74, 6) is 0.308.